The Hall–Kier alpha value is -2.07. The number of pyridine rings is 1. The number of piperidine rings is 1. The zero-order valence-electron chi connectivity index (χ0n) is 14.2. The van der Waals surface area contributed by atoms with Gasteiger partial charge < -0.3 is 9.47 Å². The molecule has 4 nitrogen and oxygen atoms in total. The molecule has 1 aromatic carbocycles. The molecule has 3 rings (SSSR count). The van der Waals surface area contributed by atoms with Crippen LogP contribution in [0.15, 0.2) is 42.7 Å². The molecule has 2 heterocycles. The van der Waals surface area contributed by atoms with E-state index in [4.69, 9.17) is 9.47 Å². The highest BCUT2D eigenvalue weighted by Crippen LogP contribution is 2.37. The van der Waals surface area contributed by atoms with Crippen LogP contribution in [0.2, 0.25) is 0 Å². The van der Waals surface area contributed by atoms with E-state index in [9.17, 15) is 0 Å². The molecule has 0 saturated carbocycles. The average Bonchev–Trinajstić information content (AvgIpc) is 2.62. The number of hydrogen-bond donors (Lipinski definition) is 0. The van der Waals surface area contributed by atoms with Crippen LogP contribution in [0.25, 0.3) is 0 Å². The highest BCUT2D eigenvalue weighted by atomic mass is 16.5. The number of benzene rings is 1. The number of rotatable bonds is 4. The van der Waals surface area contributed by atoms with E-state index in [1.807, 2.05) is 18.5 Å². The van der Waals surface area contributed by atoms with Crippen LogP contribution >= 0.6 is 0 Å². The van der Waals surface area contributed by atoms with Crippen LogP contribution in [-0.2, 0) is 0 Å². The van der Waals surface area contributed by atoms with Crippen molar-refractivity contribution in [1.29, 1.82) is 0 Å². The molecule has 0 aliphatic carbocycles. The molecule has 4 heteroatoms. The molecular formula is C19H25N2O2+. The van der Waals surface area contributed by atoms with Gasteiger partial charge in [0.05, 0.1) is 34.4 Å². The van der Waals surface area contributed by atoms with Gasteiger partial charge in [0.1, 0.15) is 17.2 Å². The molecule has 0 unspecified atom stereocenters. The van der Waals surface area contributed by atoms with Crippen LogP contribution in [0.3, 0.4) is 0 Å². The fourth-order valence-corrected chi connectivity index (χ4v) is 3.47. The summed E-state index contributed by atoms with van der Waals surface area (Å²) in [5.41, 5.74) is 2.67. The second-order valence-corrected chi connectivity index (χ2v) is 6.47. The van der Waals surface area contributed by atoms with Gasteiger partial charge in [0.15, 0.2) is 0 Å². The topological polar surface area (TPSA) is 31.4 Å². The summed E-state index contributed by atoms with van der Waals surface area (Å²) in [6.45, 7) is 2.23. The van der Waals surface area contributed by atoms with Crippen molar-refractivity contribution in [2.45, 2.75) is 18.8 Å². The largest absolute Gasteiger partial charge is 0.496 e. The summed E-state index contributed by atoms with van der Waals surface area (Å²) in [7, 11) is 5.71. The van der Waals surface area contributed by atoms with Gasteiger partial charge in [-0.25, -0.2) is 0 Å². The van der Waals surface area contributed by atoms with Crippen LogP contribution in [0.5, 0.6) is 11.5 Å². The first-order chi connectivity index (χ1) is 11.1. The summed E-state index contributed by atoms with van der Waals surface area (Å²) in [6, 6.07) is 10.5. The summed E-state index contributed by atoms with van der Waals surface area (Å²) in [5.74, 6) is 2.35. The van der Waals surface area contributed by atoms with E-state index in [2.05, 4.69) is 36.3 Å². The standard InChI is InChI=1S/C19H25N2O2/c1-21(17-12-18(22-2)14-19(13-17)23-3)10-6-16(7-11-21)15-4-8-20-9-5-15/h4-5,8-9,12-14,16H,6-7,10-11H2,1-3H3/q+1. The van der Waals surface area contributed by atoms with Crippen molar-refractivity contribution in [1.82, 2.24) is 9.47 Å². The van der Waals surface area contributed by atoms with Crippen LogP contribution in [0, 0.1) is 0 Å². The van der Waals surface area contributed by atoms with Gasteiger partial charge in [0, 0.05) is 43.4 Å². The minimum atomic E-state index is 0.636. The van der Waals surface area contributed by atoms with Crippen LogP contribution in [-0.4, -0.2) is 39.3 Å². The normalized spacial score (nSPS) is 24.2. The van der Waals surface area contributed by atoms with Crippen molar-refractivity contribution in [3.05, 3.63) is 48.3 Å². The van der Waals surface area contributed by atoms with Crippen molar-refractivity contribution in [2.24, 2.45) is 0 Å². The quantitative estimate of drug-likeness (QED) is 0.808. The number of nitrogens with zero attached hydrogens (tertiary/aromatic N) is 2. The van der Waals surface area contributed by atoms with Crippen molar-refractivity contribution < 1.29 is 9.47 Å². The van der Waals surface area contributed by atoms with E-state index in [1.165, 1.54) is 24.1 Å². The average molecular weight is 313 g/mol. The molecule has 122 valence electrons. The van der Waals surface area contributed by atoms with Crippen LogP contribution in [0.1, 0.15) is 24.3 Å². The molecule has 1 aromatic heterocycles. The van der Waals surface area contributed by atoms with E-state index in [0.717, 1.165) is 29.1 Å². The second kappa shape index (κ2) is 6.59. The highest BCUT2D eigenvalue weighted by Gasteiger charge is 2.33. The Kier molecular flexibility index (Phi) is 4.53. The lowest BCUT2D eigenvalue weighted by Crippen LogP contribution is -2.50. The van der Waals surface area contributed by atoms with E-state index in [-0.39, 0.29) is 0 Å². The third kappa shape index (κ3) is 3.32. The van der Waals surface area contributed by atoms with Gasteiger partial charge in [-0.3, -0.25) is 9.47 Å². The van der Waals surface area contributed by atoms with Crippen LogP contribution < -0.4 is 14.0 Å². The predicted molar refractivity (Wildman–Crippen MR) is 93.2 cm³/mol. The van der Waals surface area contributed by atoms with Gasteiger partial charge in [0.2, 0.25) is 0 Å². The first kappa shape index (κ1) is 15.8. The van der Waals surface area contributed by atoms with Gasteiger partial charge >= 0.3 is 0 Å². The first-order valence-corrected chi connectivity index (χ1v) is 8.13. The summed E-state index contributed by atoms with van der Waals surface area (Å²) in [5, 5.41) is 0. The molecule has 0 spiro atoms. The van der Waals surface area contributed by atoms with Crippen molar-refractivity contribution >= 4 is 5.69 Å². The number of ether oxygens (including phenoxy) is 2. The molecule has 0 atom stereocenters. The number of quaternary nitrogens is 1. The molecule has 1 fully saturated rings. The highest BCUT2D eigenvalue weighted by molar-refractivity contribution is 5.53. The van der Waals surface area contributed by atoms with E-state index in [0.29, 0.717) is 5.92 Å². The first-order valence-electron chi connectivity index (χ1n) is 8.13. The molecule has 0 radical (unpaired) electrons. The number of hydrogen-bond acceptors (Lipinski definition) is 3. The van der Waals surface area contributed by atoms with Crippen molar-refractivity contribution in [3.8, 4) is 11.5 Å². The van der Waals surface area contributed by atoms with Crippen molar-refractivity contribution in [3.63, 3.8) is 0 Å². The summed E-state index contributed by atoms with van der Waals surface area (Å²) in [6.07, 6.45) is 6.15. The molecule has 0 bridgehead atoms. The Morgan fingerprint density at radius 1 is 0.957 bits per heavy atom. The zero-order valence-corrected chi connectivity index (χ0v) is 14.2. The number of likely N-dealkylation sites (tertiary alicyclic amines) is 1. The molecule has 0 N–H and O–H groups in total. The SMILES string of the molecule is COc1cc(OC)cc([N+]2(C)CCC(c3ccncc3)CC2)c1. The molecular weight excluding hydrogens is 288 g/mol. The summed E-state index contributed by atoms with van der Waals surface area (Å²) in [4.78, 5) is 4.12. The Labute approximate surface area is 138 Å². The molecule has 1 aliphatic heterocycles. The number of aromatic nitrogens is 1. The Morgan fingerprint density at radius 2 is 1.52 bits per heavy atom. The Bertz CT molecular complexity index is 627. The van der Waals surface area contributed by atoms with Crippen molar-refractivity contribution in [2.75, 3.05) is 34.4 Å². The third-order valence-corrected chi connectivity index (χ3v) is 5.08. The Morgan fingerprint density at radius 3 is 2.04 bits per heavy atom. The third-order valence-electron chi connectivity index (χ3n) is 5.08. The van der Waals surface area contributed by atoms with Crippen LogP contribution in [0.4, 0.5) is 5.69 Å². The monoisotopic (exact) mass is 313 g/mol. The lowest BCUT2D eigenvalue weighted by atomic mass is 9.88. The minimum Gasteiger partial charge on any atom is -0.496 e. The minimum absolute atomic E-state index is 0.636. The van der Waals surface area contributed by atoms with Gasteiger partial charge in [-0.2, -0.15) is 0 Å². The van der Waals surface area contributed by atoms with E-state index < -0.39 is 0 Å². The van der Waals surface area contributed by atoms with Gasteiger partial charge in [-0.05, 0) is 23.6 Å². The Balaban J connectivity index is 1.79. The second-order valence-electron chi connectivity index (χ2n) is 6.47. The zero-order chi connectivity index (χ0) is 16.3. The number of methoxy groups -OCH3 is 2. The molecule has 23 heavy (non-hydrogen) atoms. The fourth-order valence-electron chi connectivity index (χ4n) is 3.47. The molecule has 1 aliphatic rings. The molecule has 1 saturated heterocycles. The van der Waals surface area contributed by atoms with Gasteiger partial charge in [-0.15, -0.1) is 0 Å². The lowest BCUT2D eigenvalue weighted by molar-refractivity contribution is 0.252. The summed E-state index contributed by atoms with van der Waals surface area (Å²) >= 11 is 0. The summed E-state index contributed by atoms with van der Waals surface area (Å²) < 4.78 is 11.8. The lowest BCUT2D eigenvalue weighted by Gasteiger charge is -2.40. The van der Waals surface area contributed by atoms with Gasteiger partial charge in [0.25, 0.3) is 0 Å². The maximum absolute atomic E-state index is 5.43. The fraction of sp³-hybridized carbons (Fsp3) is 0.421. The van der Waals surface area contributed by atoms with Gasteiger partial charge in [-0.1, -0.05) is 0 Å². The smallest absolute Gasteiger partial charge is 0.140 e. The molecule has 2 aromatic rings. The maximum atomic E-state index is 5.43. The van der Waals surface area contributed by atoms with E-state index in [1.54, 1.807) is 14.2 Å². The van der Waals surface area contributed by atoms with E-state index >= 15 is 0 Å². The molecule has 0 amide bonds. The maximum Gasteiger partial charge on any atom is 0.140 e. The predicted octanol–water partition coefficient (Wildman–Crippen LogP) is 3.61.